The highest BCUT2D eigenvalue weighted by atomic mass is 32.1. The number of nitrogens with zero attached hydrogens (tertiary/aromatic N) is 4. The van der Waals surface area contributed by atoms with Crippen LogP contribution < -0.4 is 0 Å². The molecule has 0 atom stereocenters. The van der Waals surface area contributed by atoms with Gasteiger partial charge in [-0.3, -0.25) is 4.90 Å². The molecule has 0 unspecified atom stereocenters. The molecule has 0 aliphatic carbocycles. The van der Waals surface area contributed by atoms with Crippen LogP contribution in [0.5, 0.6) is 5.75 Å². The summed E-state index contributed by atoms with van der Waals surface area (Å²) in [6, 6.07) is 13.6. The van der Waals surface area contributed by atoms with Crippen LogP contribution in [0.3, 0.4) is 0 Å². The van der Waals surface area contributed by atoms with Crippen LogP contribution in [0.15, 0.2) is 54.0 Å². The van der Waals surface area contributed by atoms with Crippen molar-refractivity contribution < 1.29 is 5.11 Å². The molecule has 1 aromatic carbocycles. The molecule has 5 nitrogen and oxygen atoms in total. The van der Waals surface area contributed by atoms with Gasteiger partial charge in [0, 0.05) is 43.2 Å². The van der Waals surface area contributed by atoms with Gasteiger partial charge >= 0.3 is 0 Å². The number of pyridine rings is 1. The molecule has 1 aliphatic rings. The molecule has 0 saturated carbocycles. The molecule has 3 aromatic heterocycles. The monoisotopic (exact) mass is 374 g/mol. The number of phenolic OH excluding ortho intramolecular Hbond substituents is 1. The molecule has 0 radical (unpaired) electrons. The molecule has 5 rings (SSSR count). The molecule has 0 amide bonds. The summed E-state index contributed by atoms with van der Waals surface area (Å²) in [4.78, 5) is 17.4. The van der Waals surface area contributed by atoms with Gasteiger partial charge in [0.05, 0.1) is 16.3 Å². The lowest BCUT2D eigenvalue weighted by Gasteiger charge is -2.27. The zero-order valence-electron chi connectivity index (χ0n) is 14.7. The molecular weight excluding hydrogens is 356 g/mol. The molecule has 27 heavy (non-hydrogen) atoms. The Morgan fingerprint density at radius 3 is 2.93 bits per heavy atom. The highest BCUT2D eigenvalue weighted by Gasteiger charge is 2.19. The van der Waals surface area contributed by atoms with Crippen LogP contribution in [-0.4, -0.2) is 31.5 Å². The van der Waals surface area contributed by atoms with Crippen molar-refractivity contribution in [3.05, 3.63) is 71.0 Å². The largest absolute Gasteiger partial charge is 0.506 e. The first kappa shape index (κ1) is 16.4. The second-order valence-electron chi connectivity index (χ2n) is 6.75. The minimum absolute atomic E-state index is 0.229. The lowest BCUT2D eigenvalue weighted by Crippen LogP contribution is -2.31. The van der Waals surface area contributed by atoms with E-state index in [4.69, 9.17) is 4.98 Å². The number of fused-ring (bicyclic) bond motifs is 2. The molecule has 1 aliphatic heterocycles. The van der Waals surface area contributed by atoms with E-state index in [0.29, 0.717) is 5.52 Å². The van der Waals surface area contributed by atoms with E-state index in [2.05, 4.69) is 20.9 Å². The molecular formula is C21H18N4OS. The quantitative estimate of drug-likeness (QED) is 0.587. The van der Waals surface area contributed by atoms with Gasteiger partial charge < -0.3 is 5.11 Å². The van der Waals surface area contributed by atoms with E-state index >= 15 is 0 Å². The molecule has 0 fully saturated rings. The van der Waals surface area contributed by atoms with Crippen molar-refractivity contribution in [2.24, 2.45) is 0 Å². The molecule has 0 bridgehead atoms. The van der Waals surface area contributed by atoms with E-state index < -0.39 is 0 Å². The van der Waals surface area contributed by atoms with Crippen LogP contribution in [0.1, 0.15) is 17.0 Å². The van der Waals surface area contributed by atoms with Crippen molar-refractivity contribution in [3.63, 3.8) is 0 Å². The third-order valence-corrected chi connectivity index (χ3v) is 5.76. The van der Waals surface area contributed by atoms with Gasteiger partial charge in [-0.1, -0.05) is 24.3 Å². The minimum Gasteiger partial charge on any atom is -0.506 e. The maximum absolute atomic E-state index is 10.0. The average Bonchev–Trinajstić information content (AvgIpc) is 3.23. The van der Waals surface area contributed by atoms with Crippen molar-refractivity contribution in [2.45, 2.75) is 19.5 Å². The van der Waals surface area contributed by atoms with E-state index in [9.17, 15) is 5.11 Å². The fourth-order valence-electron chi connectivity index (χ4n) is 3.52. The normalized spacial score (nSPS) is 14.4. The number of benzene rings is 1. The van der Waals surface area contributed by atoms with Gasteiger partial charge in [0.25, 0.3) is 0 Å². The topological polar surface area (TPSA) is 62.1 Å². The second-order valence-corrected chi connectivity index (χ2v) is 7.70. The summed E-state index contributed by atoms with van der Waals surface area (Å²) in [6.07, 6.45) is 2.87. The maximum Gasteiger partial charge on any atom is 0.169 e. The number of hydrogen-bond donors (Lipinski definition) is 1. The van der Waals surface area contributed by atoms with Crippen molar-refractivity contribution in [1.29, 1.82) is 0 Å². The number of phenols is 1. The molecule has 0 spiro atoms. The molecule has 4 aromatic rings. The molecule has 0 saturated heterocycles. The van der Waals surface area contributed by atoms with Gasteiger partial charge in [0.15, 0.2) is 5.82 Å². The van der Waals surface area contributed by atoms with Gasteiger partial charge in [-0.15, -0.1) is 11.3 Å². The first-order valence-corrected chi connectivity index (χ1v) is 9.83. The third kappa shape index (κ3) is 3.18. The lowest BCUT2D eigenvalue weighted by atomic mass is 10.1. The van der Waals surface area contributed by atoms with E-state index in [1.807, 2.05) is 41.9 Å². The van der Waals surface area contributed by atoms with E-state index in [-0.39, 0.29) is 5.75 Å². The van der Waals surface area contributed by atoms with Gasteiger partial charge in [-0.2, -0.15) is 0 Å². The Balaban J connectivity index is 1.36. The Morgan fingerprint density at radius 2 is 2.04 bits per heavy atom. The second kappa shape index (κ2) is 6.72. The number of aromatic nitrogens is 3. The number of thiophene rings is 1. The fraction of sp³-hybridized carbons (Fsp3) is 0.190. The number of rotatable bonds is 3. The van der Waals surface area contributed by atoms with Crippen molar-refractivity contribution in [2.75, 3.05) is 6.54 Å². The highest BCUT2D eigenvalue weighted by Crippen LogP contribution is 2.26. The van der Waals surface area contributed by atoms with Crippen molar-refractivity contribution >= 4 is 22.2 Å². The highest BCUT2D eigenvalue weighted by molar-refractivity contribution is 7.13. The van der Waals surface area contributed by atoms with Gasteiger partial charge in [-0.05, 0) is 23.6 Å². The van der Waals surface area contributed by atoms with E-state index in [1.54, 1.807) is 17.4 Å². The van der Waals surface area contributed by atoms with E-state index in [1.165, 1.54) is 5.56 Å². The Bertz CT molecular complexity index is 1110. The molecule has 1 N–H and O–H groups in total. The standard InChI is InChI=1S/C21H18N4OS/c26-18-4-1-3-14-6-7-16(23-20(14)18)13-25-9-8-17-15(12-25)11-22-21(24-17)19-5-2-10-27-19/h1-7,10-11,26H,8-9,12-13H2. The first-order valence-electron chi connectivity index (χ1n) is 8.95. The molecule has 6 heteroatoms. The number of hydrogen-bond acceptors (Lipinski definition) is 6. The van der Waals surface area contributed by atoms with Gasteiger partial charge in [-0.25, -0.2) is 15.0 Å². The minimum atomic E-state index is 0.229. The molecule has 134 valence electrons. The van der Waals surface area contributed by atoms with Gasteiger partial charge in [0.1, 0.15) is 11.3 Å². The van der Waals surface area contributed by atoms with Crippen LogP contribution in [-0.2, 0) is 19.5 Å². The van der Waals surface area contributed by atoms with E-state index in [0.717, 1.165) is 53.5 Å². The molecule has 4 heterocycles. The third-order valence-electron chi connectivity index (χ3n) is 4.90. The van der Waals surface area contributed by atoms with Crippen molar-refractivity contribution in [1.82, 2.24) is 19.9 Å². The smallest absolute Gasteiger partial charge is 0.169 e. The zero-order valence-corrected chi connectivity index (χ0v) is 15.5. The SMILES string of the molecule is Oc1cccc2ccc(CN3CCc4nc(-c5cccs5)ncc4C3)nc12. The Labute approximate surface area is 161 Å². The Kier molecular flexibility index (Phi) is 4.07. The van der Waals surface area contributed by atoms with Crippen molar-refractivity contribution in [3.8, 4) is 16.5 Å². The number of para-hydroxylation sites is 1. The van der Waals surface area contributed by atoms with Crippen LogP contribution in [0.2, 0.25) is 0 Å². The predicted molar refractivity (Wildman–Crippen MR) is 107 cm³/mol. The Hall–Kier alpha value is -2.83. The summed E-state index contributed by atoms with van der Waals surface area (Å²) in [6.45, 7) is 2.51. The summed E-state index contributed by atoms with van der Waals surface area (Å²) in [5, 5.41) is 13.0. The summed E-state index contributed by atoms with van der Waals surface area (Å²) in [5.74, 6) is 1.05. The fourth-order valence-corrected chi connectivity index (χ4v) is 4.19. The van der Waals surface area contributed by atoms with Crippen LogP contribution in [0.4, 0.5) is 0 Å². The van der Waals surface area contributed by atoms with Crippen LogP contribution >= 0.6 is 11.3 Å². The maximum atomic E-state index is 10.0. The summed E-state index contributed by atoms with van der Waals surface area (Å²) in [7, 11) is 0. The predicted octanol–water partition coefficient (Wildman–Crippen LogP) is 4.02. The summed E-state index contributed by atoms with van der Waals surface area (Å²) >= 11 is 1.67. The summed E-state index contributed by atoms with van der Waals surface area (Å²) in [5.41, 5.74) is 3.96. The average molecular weight is 374 g/mol. The summed E-state index contributed by atoms with van der Waals surface area (Å²) < 4.78 is 0. The van der Waals surface area contributed by atoms with Crippen LogP contribution in [0, 0.1) is 0 Å². The van der Waals surface area contributed by atoms with Crippen LogP contribution in [0.25, 0.3) is 21.6 Å². The lowest BCUT2D eigenvalue weighted by molar-refractivity contribution is 0.240. The Morgan fingerprint density at radius 1 is 1.07 bits per heavy atom. The zero-order chi connectivity index (χ0) is 18.2. The van der Waals surface area contributed by atoms with Gasteiger partial charge in [0.2, 0.25) is 0 Å². The first-order chi connectivity index (χ1) is 13.3. The number of aromatic hydroxyl groups is 1.